The summed E-state index contributed by atoms with van der Waals surface area (Å²) in [4.78, 5) is 12.3. The average Bonchev–Trinajstić information content (AvgIpc) is 2.85. The van der Waals surface area contributed by atoms with Crippen molar-refractivity contribution in [2.75, 3.05) is 19.5 Å². The van der Waals surface area contributed by atoms with Crippen LogP contribution in [0.4, 0.5) is 5.69 Å². The molecule has 21 heavy (non-hydrogen) atoms. The molecule has 0 spiro atoms. The van der Waals surface area contributed by atoms with Crippen molar-refractivity contribution in [3.8, 4) is 0 Å². The minimum Gasteiger partial charge on any atom is -0.399 e. The van der Waals surface area contributed by atoms with Crippen LogP contribution in [0, 0.1) is 0 Å². The lowest BCUT2D eigenvalue weighted by atomic mass is 10.1. The largest absolute Gasteiger partial charge is 0.399 e. The molecule has 0 aliphatic carbocycles. The molecule has 1 aromatic carbocycles. The second-order valence-corrected chi connectivity index (χ2v) is 5.28. The SMILES string of the molecule is COCCn1ncc(Br)c1C(=O)/C=C/c1ccc(N)cc1. The van der Waals surface area contributed by atoms with Crippen LogP contribution in [0.3, 0.4) is 0 Å². The van der Waals surface area contributed by atoms with Crippen molar-refractivity contribution in [1.82, 2.24) is 9.78 Å². The summed E-state index contributed by atoms with van der Waals surface area (Å²) in [6, 6.07) is 7.30. The van der Waals surface area contributed by atoms with Crippen molar-refractivity contribution >= 4 is 33.5 Å². The maximum absolute atomic E-state index is 12.3. The first-order valence-electron chi connectivity index (χ1n) is 6.40. The molecule has 1 heterocycles. The molecule has 1 aromatic heterocycles. The van der Waals surface area contributed by atoms with Crippen molar-refractivity contribution in [1.29, 1.82) is 0 Å². The second-order valence-electron chi connectivity index (χ2n) is 4.42. The number of hydrogen-bond donors (Lipinski definition) is 1. The van der Waals surface area contributed by atoms with Crippen LogP contribution in [0.15, 0.2) is 41.0 Å². The highest BCUT2D eigenvalue weighted by molar-refractivity contribution is 9.10. The Morgan fingerprint density at radius 1 is 1.43 bits per heavy atom. The summed E-state index contributed by atoms with van der Waals surface area (Å²) in [5.41, 5.74) is 7.75. The Morgan fingerprint density at radius 2 is 2.14 bits per heavy atom. The quantitative estimate of drug-likeness (QED) is 0.494. The third-order valence-electron chi connectivity index (χ3n) is 2.90. The topological polar surface area (TPSA) is 70.1 Å². The molecule has 6 heteroatoms. The lowest BCUT2D eigenvalue weighted by molar-refractivity contribution is 0.103. The number of carbonyl (C=O) groups excluding carboxylic acids is 1. The summed E-state index contributed by atoms with van der Waals surface area (Å²) in [5.74, 6) is -0.118. The highest BCUT2D eigenvalue weighted by Crippen LogP contribution is 2.18. The molecular weight excluding hydrogens is 334 g/mol. The summed E-state index contributed by atoms with van der Waals surface area (Å²) in [7, 11) is 1.61. The number of ether oxygens (including phenoxy) is 1. The Bertz CT molecular complexity index is 647. The van der Waals surface area contributed by atoms with E-state index in [9.17, 15) is 4.79 Å². The third kappa shape index (κ3) is 4.03. The summed E-state index contributed by atoms with van der Waals surface area (Å²) < 4.78 is 7.31. The van der Waals surface area contributed by atoms with Crippen molar-refractivity contribution in [2.24, 2.45) is 0 Å². The van der Waals surface area contributed by atoms with E-state index in [0.717, 1.165) is 5.56 Å². The minimum atomic E-state index is -0.118. The van der Waals surface area contributed by atoms with E-state index in [4.69, 9.17) is 10.5 Å². The lowest BCUT2D eigenvalue weighted by Crippen LogP contribution is -2.12. The number of nitrogens with zero attached hydrogens (tertiary/aromatic N) is 2. The van der Waals surface area contributed by atoms with Gasteiger partial charge in [-0.1, -0.05) is 18.2 Å². The lowest BCUT2D eigenvalue weighted by Gasteiger charge is -2.04. The Morgan fingerprint density at radius 3 is 2.81 bits per heavy atom. The Labute approximate surface area is 131 Å². The van der Waals surface area contributed by atoms with Gasteiger partial charge in [-0.15, -0.1) is 0 Å². The van der Waals surface area contributed by atoms with E-state index in [1.807, 2.05) is 12.1 Å². The fraction of sp³-hybridized carbons (Fsp3) is 0.200. The molecule has 0 fully saturated rings. The van der Waals surface area contributed by atoms with Gasteiger partial charge in [0.05, 0.1) is 23.8 Å². The van der Waals surface area contributed by atoms with E-state index in [1.165, 1.54) is 6.08 Å². The van der Waals surface area contributed by atoms with Crippen molar-refractivity contribution in [3.05, 3.63) is 52.3 Å². The standard InChI is InChI=1S/C15H16BrN3O2/c1-21-9-8-19-15(13(16)10-18-19)14(20)7-4-11-2-5-12(17)6-3-11/h2-7,10H,8-9,17H2,1H3/b7-4+. The van der Waals surface area contributed by atoms with Crippen LogP contribution in [-0.4, -0.2) is 29.3 Å². The number of anilines is 1. The van der Waals surface area contributed by atoms with Crippen LogP contribution in [0.25, 0.3) is 6.08 Å². The van der Waals surface area contributed by atoms with Crippen LogP contribution in [0.5, 0.6) is 0 Å². The molecule has 0 aliphatic rings. The molecule has 110 valence electrons. The summed E-state index contributed by atoms with van der Waals surface area (Å²) >= 11 is 3.35. The number of halogens is 1. The molecule has 0 saturated carbocycles. The molecule has 0 saturated heterocycles. The molecule has 0 unspecified atom stereocenters. The van der Waals surface area contributed by atoms with Gasteiger partial charge in [-0.2, -0.15) is 5.10 Å². The zero-order chi connectivity index (χ0) is 15.2. The Hall–Kier alpha value is -1.92. The fourth-order valence-corrected chi connectivity index (χ4v) is 2.30. The van der Waals surface area contributed by atoms with Gasteiger partial charge in [0.15, 0.2) is 0 Å². The predicted molar refractivity (Wildman–Crippen MR) is 86.0 cm³/mol. The normalized spacial score (nSPS) is 11.1. The number of hydrogen-bond acceptors (Lipinski definition) is 4. The summed E-state index contributed by atoms with van der Waals surface area (Å²) in [5, 5.41) is 4.16. The van der Waals surface area contributed by atoms with Gasteiger partial charge in [0, 0.05) is 12.8 Å². The number of methoxy groups -OCH3 is 1. The third-order valence-corrected chi connectivity index (χ3v) is 3.48. The number of nitrogen functional groups attached to an aromatic ring is 1. The molecule has 2 rings (SSSR count). The molecule has 0 radical (unpaired) electrons. The minimum absolute atomic E-state index is 0.118. The molecule has 2 N–H and O–H groups in total. The fourth-order valence-electron chi connectivity index (χ4n) is 1.81. The Kier molecular flexibility index (Phi) is 5.30. The maximum atomic E-state index is 12.3. The van der Waals surface area contributed by atoms with Gasteiger partial charge in [0.2, 0.25) is 5.78 Å². The predicted octanol–water partition coefficient (Wildman–Crippen LogP) is 2.77. The first-order chi connectivity index (χ1) is 10.1. The van der Waals surface area contributed by atoms with Gasteiger partial charge < -0.3 is 10.5 Å². The molecule has 0 atom stereocenters. The summed E-state index contributed by atoms with van der Waals surface area (Å²) in [6.07, 6.45) is 4.89. The number of benzene rings is 1. The zero-order valence-corrected chi connectivity index (χ0v) is 13.2. The highest BCUT2D eigenvalue weighted by Gasteiger charge is 2.14. The molecule has 0 bridgehead atoms. The monoisotopic (exact) mass is 349 g/mol. The molecule has 5 nitrogen and oxygen atoms in total. The van der Waals surface area contributed by atoms with E-state index in [2.05, 4.69) is 21.0 Å². The van der Waals surface area contributed by atoms with Crippen molar-refractivity contribution in [2.45, 2.75) is 6.54 Å². The highest BCUT2D eigenvalue weighted by atomic mass is 79.9. The van der Waals surface area contributed by atoms with Gasteiger partial charge in [0.1, 0.15) is 5.69 Å². The van der Waals surface area contributed by atoms with E-state index in [0.29, 0.717) is 29.0 Å². The van der Waals surface area contributed by atoms with E-state index >= 15 is 0 Å². The Balaban J connectivity index is 2.16. The molecule has 0 amide bonds. The van der Waals surface area contributed by atoms with Crippen LogP contribution in [0.1, 0.15) is 16.1 Å². The maximum Gasteiger partial charge on any atom is 0.205 e. The number of rotatable bonds is 6. The van der Waals surface area contributed by atoms with Gasteiger partial charge in [0.25, 0.3) is 0 Å². The van der Waals surface area contributed by atoms with E-state index in [1.54, 1.807) is 36.2 Å². The molecule has 0 aliphatic heterocycles. The molecule has 2 aromatic rings. The van der Waals surface area contributed by atoms with Crippen LogP contribution >= 0.6 is 15.9 Å². The first kappa shape index (κ1) is 15.5. The number of allylic oxidation sites excluding steroid dienone is 1. The average molecular weight is 350 g/mol. The van der Waals surface area contributed by atoms with Gasteiger partial charge in [-0.25, -0.2) is 0 Å². The van der Waals surface area contributed by atoms with E-state index in [-0.39, 0.29) is 5.78 Å². The molecular formula is C15H16BrN3O2. The van der Waals surface area contributed by atoms with Gasteiger partial charge in [-0.3, -0.25) is 9.48 Å². The number of carbonyl (C=O) groups is 1. The number of nitrogens with two attached hydrogens (primary N) is 1. The van der Waals surface area contributed by atoms with Gasteiger partial charge in [-0.05, 0) is 39.7 Å². The van der Waals surface area contributed by atoms with Crippen molar-refractivity contribution < 1.29 is 9.53 Å². The van der Waals surface area contributed by atoms with Crippen molar-refractivity contribution in [3.63, 3.8) is 0 Å². The van der Waals surface area contributed by atoms with Gasteiger partial charge >= 0.3 is 0 Å². The summed E-state index contributed by atoms with van der Waals surface area (Å²) in [6.45, 7) is 1.02. The smallest absolute Gasteiger partial charge is 0.205 e. The van der Waals surface area contributed by atoms with Crippen LogP contribution < -0.4 is 5.73 Å². The number of aromatic nitrogens is 2. The van der Waals surface area contributed by atoms with Crippen LogP contribution in [0.2, 0.25) is 0 Å². The van der Waals surface area contributed by atoms with E-state index < -0.39 is 0 Å². The zero-order valence-electron chi connectivity index (χ0n) is 11.6. The number of ketones is 1. The first-order valence-corrected chi connectivity index (χ1v) is 7.19. The van der Waals surface area contributed by atoms with Crippen LogP contribution in [-0.2, 0) is 11.3 Å². The second kappa shape index (κ2) is 7.19.